The Morgan fingerprint density at radius 1 is 1.29 bits per heavy atom. The van der Waals surface area contributed by atoms with Crippen LogP contribution in [0.5, 0.6) is 11.5 Å². The molecule has 1 aliphatic heterocycles. The molecule has 0 saturated carbocycles. The molecule has 0 bridgehead atoms. The van der Waals surface area contributed by atoms with E-state index in [2.05, 4.69) is 24.2 Å². The lowest BCUT2D eigenvalue weighted by Crippen LogP contribution is -2.33. The number of hydrogen-bond donors (Lipinski definition) is 1. The van der Waals surface area contributed by atoms with Crippen LogP contribution in [0.25, 0.3) is 0 Å². The Kier molecular flexibility index (Phi) is 4.67. The van der Waals surface area contributed by atoms with Crippen molar-refractivity contribution in [2.75, 3.05) is 13.9 Å². The summed E-state index contributed by atoms with van der Waals surface area (Å²) in [6.07, 6.45) is 0. The van der Waals surface area contributed by atoms with Gasteiger partial charge in [0.2, 0.25) is 6.79 Å². The molecule has 1 heterocycles. The molecule has 1 aromatic carbocycles. The van der Waals surface area contributed by atoms with Gasteiger partial charge < -0.3 is 14.2 Å². The van der Waals surface area contributed by atoms with E-state index in [4.69, 9.17) is 14.2 Å². The lowest BCUT2D eigenvalue weighted by atomic mass is 10.1. The zero-order valence-corrected chi connectivity index (χ0v) is 12.7. The zero-order valence-electron chi connectivity index (χ0n) is 12.7. The van der Waals surface area contributed by atoms with E-state index < -0.39 is 0 Å². The van der Waals surface area contributed by atoms with Gasteiger partial charge in [0.1, 0.15) is 0 Å². The molecule has 0 unspecified atom stereocenters. The Morgan fingerprint density at radius 3 is 2.67 bits per heavy atom. The van der Waals surface area contributed by atoms with Gasteiger partial charge in [-0.25, -0.2) is 4.99 Å². The second kappa shape index (κ2) is 6.47. The number of hydrogen-bond acceptors (Lipinski definition) is 5. The number of methoxy groups -OCH3 is 1. The predicted octanol–water partition coefficient (Wildman–Crippen LogP) is 2.19. The maximum Gasteiger partial charge on any atom is 0.291 e. The Morgan fingerprint density at radius 2 is 2.00 bits per heavy atom. The summed E-state index contributed by atoms with van der Waals surface area (Å²) in [5.74, 6) is 1.26. The van der Waals surface area contributed by atoms with Crippen molar-refractivity contribution in [2.45, 2.75) is 26.8 Å². The molecule has 1 N–H and O–H groups in total. The third-order valence-electron chi connectivity index (χ3n) is 3.33. The number of amides is 1. The molecule has 0 aromatic heterocycles. The maximum absolute atomic E-state index is 12.2. The van der Waals surface area contributed by atoms with Gasteiger partial charge in [0.15, 0.2) is 11.5 Å². The molecule has 0 saturated heterocycles. The highest BCUT2D eigenvalue weighted by molar-refractivity contribution is 6.04. The first-order valence-electron chi connectivity index (χ1n) is 6.84. The van der Waals surface area contributed by atoms with Crippen LogP contribution >= 0.6 is 0 Å². The molecule has 1 atom stereocenters. The van der Waals surface area contributed by atoms with E-state index in [1.807, 2.05) is 6.92 Å². The molecule has 6 heteroatoms. The van der Waals surface area contributed by atoms with Crippen molar-refractivity contribution < 1.29 is 19.0 Å². The number of carbonyl (C=O) groups is 1. The van der Waals surface area contributed by atoms with E-state index in [1.165, 1.54) is 7.11 Å². The third kappa shape index (κ3) is 3.65. The highest BCUT2D eigenvalue weighted by Gasteiger charge is 2.17. The molecule has 6 nitrogen and oxygen atoms in total. The van der Waals surface area contributed by atoms with Gasteiger partial charge in [0, 0.05) is 5.56 Å². The topological polar surface area (TPSA) is 69.2 Å². The molecular weight excluding hydrogens is 272 g/mol. The van der Waals surface area contributed by atoms with Gasteiger partial charge in [0.25, 0.3) is 11.9 Å². The molecule has 0 radical (unpaired) electrons. The molecule has 0 spiro atoms. The van der Waals surface area contributed by atoms with E-state index in [9.17, 15) is 4.79 Å². The van der Waals surface area contributed by atoms with Crippen molar-refractivity contribution in [3.63, 3.8) is 0 Å². The van der Waals surface area contributed by atoms with Crippen LogP contribution in [0, 0.1) is 5.92 Å². The smallest absolute Gasteiger partial charge is 0.291 e. The molecule has 0 aliphatic carbocycles. The summed E-state index contributed by atoms with van der Waals surface area (Å²) < 4.78 is 15.6. The van der Waals surface area contributed by atoms with Crippen LogP contribution in [0.2, 0.25) is 0 Å². The molecular formula is C15H20N2O4. The quantitative estimate of drug-likeness (QED) is 0.685. The van der Waals surface area contributed by atoms with Crippen molar-refractivity contribution in [3.8, 4) is 11.5 Å². The zero-order chi connectivity index (χ0) is 15.4. The standard InChI is InChI=1S/C15H20N2O4/c1-9(2)10(3)16-15(19-4)17-14(18)11-5-6-12-13(7-11)21-8-20-12/h5-7,9-10H,8H2,1-4H3,(H,16,17,18)/t10-/m1/s1. The number of fused-ring (bicyclic) bond motifs is 1. The predicted molar refractivity (Wildman–Crippen MR) is 78.8 cm³/mol. The minimum atomic E-state index is -0.301. The largest absolute Gasteiger partial charge is 0.468 e. The monoisotopic (exact) mass is 292 g/mol. The van der Waals surface area contributed by atoms with Crippen molar-refractivity contribution in [3.05, 3.63) is 23.8 Å². The summed E-state index contributed by atoms with van der Waals surface area (Å²) >= 11 is 0. The molecule has 2 rings (SSSR count). The van der Waals surface area contributed by atoms with Gasteiger partial charge in [-0.1, -0.05) is 13.8 Å². The maximum atomic E-state index is 12.2. The highest BCUT2D eigenvalue weighted by atomic mass is 16.7. The number of carbonyl (C=O) groups excluding carboxylic acids is 1. The lowest BCUT2D eigenvalue weighted by Gasteiger charge is -2.13. The molecule has 21 heavy (non-hydrogen) atoms. The summed E-state index contributed by atoms with van der Waals surface area (Å²) in [5, 5.41) is 2.65. The van der Waals surface area contributed by atoms with Crippen LogP contribution in [0.1, 0.15) is 31.1 Å². The van der Waals surface area contributed by atoms with Crippen molar-refractivity contribution in [1.82, 2.24) is 5.32 Å². The van der Waals surface area contributed by atoms with Crippen LogP contribution in [-0.4, -0.2) is 31.9 Å². The van der Waals surface area contributed by atoms with Crippen molar-refractivity contribution in [2.24, 2.45) is 10.9 Å². The molecule has 1 amide bonds. The van der Waals surface area contributed by atoms with E-state index in [0.29, 0.717) is 23.0 Å². The van der Waals surface area contributed by atoms with Crippen LogP contribution in [0.3, 0.4) is 0 Å². The van der Waals surface area contributed by atoms with E-state index in [0.717, 1.165) is 0 Å². The number of ether oxygens (including phenoxy) is 3. The third-order valence-corrected chi connectivity index (χ3v) is 3.33. The SMILES string of the molecule is COC(=N[C@H](C)C(C)C)NC(=O)c1ccc2c(c1)OCO2. The average molecular weight is 292 g/mol. The van der Waals surface area contributed by atoms with Crippen LogP contribution in [0.4, 0.5) is 0 Å². The summed E-state index contributed by atoms with van der Waals surface area (Å²) in [7, 11) is 1.48. The van der Waals surface area contributed by atoms with Gasteiger partial charge in [0.05, 0.1) is 13.2 Å². The van der Waals surface area contributed by atoms with E-state index in [-0.39, 0.29) is 24.8 Å². The van der Waals surface area contributed by atoms with Crippen molar-refractivity contribution in [1.29, 1.82) is 0 Å². The summed E-state index contributed by atoms with van der Waals surface area (Å²) in [6, 6.07) is 5.27. The first-order chi connectivity index (χ1) is 10.0. The van der Waals surface area contributed by atoms with E-state index >= 15 is 0 Å². The van der Waals surface area contributed by atoms with Gasteiger partial charge in [-0.2, -0.15) is 0 Å². The molecule has 1 aliphatic rings. The molecule has 0 fully saturated rings. The fraction of sp³-hybridized carbons (Fsp3) is 0.467. The second-order valence-electron chi connectivity index (χ2n) is 5.15. The van der Waals surface area contributed by atoms with E-state index in [1.54, 1.807) is 18.2 Å². The Bertz CT molecular complexity index is 555. The van der Waals surface area contributed by atoms with Gasteiger partial charge in [-0.05, 0) is 31.0 Å². The second-order valence-corrected chi connectivity index (χ2v) is 5.15. The minimum absolute atomic E-state index is 0.0528. The first-order valence-corrected chi connectivity index (χ1v) is 6.84. The number of aliphatic imine (C=N–C) groups is 1. The summed E-state index contributed by atoms with van der Waals surface area (Å²) in [6.45, 7) is 6.26. The van der Waals surface area contributed by atoms with Gasteiger partial charge in [-0.15, -0.1) is 0 Å². The van der Waals surface area contributed by atoms with Crippen LogP contribution in [0.15, 0.2) is 23.2 Å². The van der Waals surface area contributed by atoms with Gasteiger partial charge in [-0.3, -0.25) is 10.1 Å². The van der Waals surface area contributed by atoms with Crippen LogP contribution < -0.4 is 14.8 Å². The minimum Gasteiger partial charge on any atom is -0.468 e. The Labute approximate surface area is 124 Å². The number of nitrogens with one attached hydrogen (secondary N) is 1. The molecule has 1 aromatic rings. The summed E-state index contributed by atoms with van der Waals surface area (Å²) in [4.78, 5) is 16.5. The Balaban J connectivity index is 2.09. The lowest BCUT2D eigenvalue weighted by molar-refractivity contribution is 0.0967. The summed E-state index contributed by atoms with van der Waals surface area (Å²) in [5.41, 5.74) is 0.459. The number of rotatable bonds is 3. The number of benzene rings is 1. The first kappa shape index (κ1) is 15.2. The number of amidine groups is 1. The fourth-order valence-corrected chi connectivity index (χ4v) is 1.68. The fourth-order valence-electron chi connectivity index (χ4n) is 1.68. The Hall–Kier alpha value is -2.24. The normalized spacial score (nSPS) is 15.0. The van der Waals surface area contributed by atoms with Crippen LogP contribution in [-0.2, 0) is 4.74 Å². The number of nitrogens with zero attached hydrogens (tertiary/aromatic N) is 1. The van der Waals surface area contributed by atoms with Gasteiger partial charge >= 0.3 is 0 Å². The highest BCUT2D eigenvalue weighted by Crippen LogP contribution is 2.32. The average Bonchev–Trinajstić information content (AvgIpc) is 2.93. The molecule has 114 valence electrons. The van der Waals surface area contributed by atoms with Crippen molar-refractivity contribution >= 4 is 11.9 Å².